The monoisotopic (exact) mass is 268 g/mol. The molecule has 2 amide bonds. The standard InChI is InChI=1S/C14H24N2O3/c1-14(2)6-3-7-15(10-14)13(19)16(9-12(17)18)8-11-4-5-11/h11H,3-10H2,1-2H3,(H,17,18). The van der Waals surface area contributed by atoms with Crippen molar-refractivity contribution in [1.29, 1.82) is 0 Å². The quantitative estimate of drug-likeness (QED) is 0.848. The van der Waals surface area contributed by atoms with E-state index in [1.807, 2.05) is 4.90 Å². The third-order valence-corrected chi connectivity index (χ3v) is 3.94. The van der Waals surface area contributed by atoms with Crippen molar-refractivity contribution in [3.8, 4) is 0 Å². The van der Waals surface area contributed by atoms with Crippen LogP contribution in [0, 0.1) is 11.3 Å². The predicted molar refractivity (Wildman–Crippen MR) is 71.9 cm³/mol. The molecule has 0 aromatic heterocycles. The molecule has 0 radical (unpaired) electrons. The smallest absolute Gasteiger partial charge is 0.323 e. The number of carbonyl (C=O) groups is 2. The van der Waals surface area contributed by atoms with E-state index < -0.39 is 5.97 Å². The Labute approximate surface area is 114 Å². The minimum atomic E-state index is -0.926. The molecule has 0 unspecified atom stereocenters. The summed E-state index contributed by atoms with van der Waals surface area (Å²) in [6.07, 6.45) is 4.37. The zero-order chi connectivity index (χ0) is 14.0. The van der Waals surface area contributed by atoms with E-state index in [0.29, 0.717) is 12.5 Å². The van der Waals surface area contributed by atoms with Crippen molar-refractivity contribution in [3.05, 3.63) is 0 Å². The summed E-state index contributed by atoms with van der Waals surface area (Å²) in [4.78, 5) is 26.7. The van der Waals surface area contributed by atoms with Crippen LogP contribution in [0.4, 0.5) is 4.79 Å². The molecule has 2 fully saturated rings. The van der Waals surface area contributed by atoms with Gasteiger partial charge >= 0.3 is 12.0 Å². The van der Waals surface area contributed by atoms with Crippen molar-refractivity contribution in [2.45, 2.75) is 39.5 Å². The van der Waals surface area contributed by atoms with E-state index in [1.165, 1.54) is 4.90 Å². The second-order valence-electron chi connectivity index (χ2n) is 6.69. The number of carboxylic acid groups (broad SMARTS) is 1. The van der Waals surface area contributed by atoms with Crippen molar-refractivity contribution >= 4 is 12.0 Å². The van der Waals surface area contributed by atoms with Crippen LogP contribution in [0.2, 0.25) is 0 Å². The van der Waals surface area contributed by atoms with Gasteiger partial charge in [0, 0.05) is 19.6 Å². The summed E-state index contributed by atoms with van der Waals surface area (Å²) in [5.41, 5.74) is 0.141. The van der Waals surface area contributed by atoms with Gasteiger partial charge < -0.3 is 14.9 Å². The normalized spacial score (nSPS) is 22.1. The first-order valence-electron chi connectivity index (χ1n) is 7.13. The molecule has 0 aromatic carbocycles. The Balaban J connectivity index is 1.98. The van der Waals surface area contributed by atoms with Gasteiger partial charge in [-0.15, -0.1) is 0 Å². The highest BCUT2D eigenvalue weighted by atomic mass is 16.4. The summed E-state index contributed by atoms with van der Waals surface area (Å²) >= 11 is 0. The van der Waals surface area contributed by atoms with E-state index in [1.54, 1.807) is 0 Å². The molecule has 108 valence electrons. The maximum Gasteiger partial charge on any atom is 0.323 e. The number of likely N-dealkylation sites (tertiary alicyclic amines) is 1. The van der Waals surface area contributed by atoms with Crippen LogP contribution in [0.3, 0.4) is 0 Å². The lowest BCUT2D eigenvalue weighted by Crippen LogP contribution is -2.51. The zero-order valence-corrected chi connectivity index (χ0v) is 11.9. The van der Waals surface area contributed by atoms with Crippen LogP contribution < -0.4 is 0 Å². The first-order chi connectivity index (χ1) is 8.87. The topological polar surface area (TPSA) is 60.9 Å². The SMILES string of the molecule is CC1(C)CCCN(C(=O)N(CC(=O)O)CC2CC2)C1. The summed E-state index contributed by atoms with van der Waals surface area (Å²) < 4.78 is 0. The van der Waals surface area contributed by atoms with Gasteiger partial charge in [-0.2, -0.15) is 0 Å². The average Bonchev–Trinajstić information content (AvgIpc) is 3.09. The molecule has 0 bridgehead atoms. The zero-order valence-electron chi connectivity index (χ0n) is 11.9. The fourth-order valence-corrected chi connectivity index (χ4v) is 2.77. The fraction of sp³-hybridized carbons (Fsp3) is 0.857. The highest BCUT2D eigenvalue weighted by Crippen LogP contribution is 2.32. The molecule has 2 rings (SSSR count). The predicted octanol–water partition coefficient (Wildman–Crippen LogP) is 2.03. The van der Waals surface area contributed by atoms with Gasteiger partial charge in [-0.1, -0.05) is 13.8 Å². The maximum absolute atomic E-state index is 12.5. The van der Waals surface area contributed by atoms with Gasteiger partial charge in [0.05, 0.1) is 0 Å². The molecule has 1 aliphatic carbocycles. The van der Waals surface area contributed by atoms with Crippen molar-refractivity contribution < 1.29 is 14.7 Å². The summed E-state index contributed by atoms with van der Waals surface area (Å²) in [6, 6.07) is -0.0953. The molecule has 0 aromatic rings. The van der Waals surface area contributed by atoms with Gasteiger partial charge in [-0.25, -0.2) is 4.79 Å². The summed E-state index contributed by atoms with van der Waals surface area (Å²) in [7, 11) is 0. The Morgan fingerprint density at radius 2 is 2.05 bits per heavy atom. The third kappa shape index (κ3) is 4.11. The van der Waals surface area contributed by atoms with Crippen LogP contribution in [-0.4, -0.2) is 53.1 Å². The van der Waals surface area contributed by atoms with E-state index >= 15 is 0 Å². The molecular formula is C14H24N2O3. The molecular weight excluding hydrogens is 244 g/mol. The Hall–Kier alpha value is -1.26. The second kappa shape index (κ2) is 5.39. The van der Waals surface area contributed by atoms with E-state index in [-0.39, 0.29) is 18.0 Å². The number of hydrogen-bond donors (Lipinski definition) is 1. The number of nitrogens with zero attached hydrogens (tertiary/aromatic N) is 2. The van der Waals surface area contributed by atoms with Gasteiger partial charge in [-0.3, -0.25) is 4.79 Å². The number of carbonyl (C=O) groups excluding carboxylic acids is 1. The number of hydrogen-bond acceptors (Lipinski definition) is 2. The van der Waals surface area contributed by atoms with Crippen LogP contribution in [0.1, 0.15) is 39.5 Å². The number of urea groups is 1. The van der Waals surface area contributed by atoms with Gasteiger partial charge in [0.2, 0.25) is 0 Å². The summed E-state index contributed by atoms with van der Waals surface area (Å²) in [6.45, 7) is 6.23. The van der Waals surface area contributed by atoms with Gasteiger partial charge in [-0.05, 0) is 37.0 Å². The minimum Gasteiger partial charge on any atom is -0.480 e. The number of carboxylic acids is 1. The largest absolute Gasteiger partial charge is 0.480 e. The molecule has 1 saturated carbocycles. The fourth-order valence-electron chi connectivity index (χ4n) is 2.77. The lowest BCUT2D eigenvalue weighted by atomic mass is 9.84. The first-order valence-corrected chi connectivity index (χ1v) is 7.13. The lowest BCUT2D eigenvalue weighted by Gasteiger charge is -2.40. The first kappa shape index (κ1) is 14.2. The average molecular weight is 268 g/mol. The molecule has 1 N–H and O–H groups in total. The van der Waals surface area contributed by atoms with E-state index in [4.69, 9.17) is 5.11 Å². The van der Waals surface area contributed by atoms with Crippen molar-refractivity contribution in [3.63, 3.8) is 0 Å². The molecule has 0 spiro atoms. The van der Waals surface area contributed by atoms with E-state index in [9.17, 15) is 9.59 Å². The molecule has 0 atom stereocenters. The van der Waals surface area contributed by atoms with Crippen molar-refractivity contribution in [1.82, 2.24) is 9.80 Å². The number of amides is 2. The van der Waals surface area contributed by atoms with Crippen LogP contribution >= 0.6 is 0 Å². The maximum atomic E-state index is 12.5. The highest BCUT2D eigenvalue weighted by molar-refractivity contribution is 5.80. The molecule has 19 heavy (non-hydrogen) atoms. The summed E-state index contributed by atoms with van der Waals surface area (Å²) in [5.74, 6) is -0.411. The number of aliphatic carboxylic acids is 1. The van der Waals surface area contributed by atoms with Crippen LogP contribution in [0.15, 0.2) is 0 Å². The molecule has 1 saturated heterocycles. The summed E-state index contributed by atoms with van der Waals surface area (Å²) in [5, 5.41) is 8.95. The van der Waals surface area contributed by atoms with E-state index in [0.717, 1.165) is 38.8 Å². The Kier molecular flexibility index (Phi) is 4.02. The van der Waals surface area contributed by atoms with Crippen LogP contribution in [-0.2, 0) is 4.79 Å². The number of rotatable bonds is 4. The van der Waals surface area contributed by atoms with E-state index in [2.05, 4.69) is 13.8 Å². The van der Waals surface area contributed by atoms with Crippen molar-refractivity contribution in [2.24, 2.45) is 11.3 Å². The third-order valence-electron chi connectivity index (χ3n) is 3.94. The van der Waals surface area contributed by atoms with Crippen LogP contribution in [0.25, 0.3) is 0 Å². The molecule has 1 heterocycles. The highest BCUT2D eigenvalue weighted by Gasteiger charge is 2.34. The number of piperidine rings is 1. The molecule has 5 heteroatoms. The van der Waals surface area contributed by atoms with Gasteiger partial charge in [0.1, 0.15) is 6.54 Å². The lowest BCUT2D eigenvalue weighted by molar-refractivity contribution is -0.137. The molecule has 1 aliphatic heterocycles. The Morgan fingerprint density at radius 1 is 1.37 bits per heavy atom. The van der Waals surface area contributed by atoms with Gasteiger partial charge in [0.25, 0.3) is 0 Å². The minimum absolute atomic E-state index is 0.0953. The Morgan fingerprint density at radius 3 is 2.58 bits per heavy atom. The van der Waals surface area contributed by atoms with Gasteiger partial charge in [0.15, 0.2) is 0 Å². The molecule has 5 nitrogen and oxygen atoms in total. The van der Waals surface area contributed by atoms with Crippen molar-refractivity contribution in [2.75, 3.05) is 26.2 Å². The Bertz CT molecular complexity index is 364. The second-order valence-corrected chi connectivity index (χ2v) is 6.69. The van der Waals surface area contributed by atoms with Crippen LogP contribution in [0.5, 0.6) is 0 Å². The molecule has 2 aliphatic rings.